The zero-order valence-corrected chi connectivity index (χ0v) is 20.6. The first-order valence-corrected chi connectivity index (χ1v) is 12.9. The monoisotopic (exact) mass is 529 g/mol. The molecule has 0 fully saturated rings. The second kappa shape index (κ2) is 10.5. The summed E-state index contributed by atoms with van der Waals surface area (Å²) >= 11 is -0.813. The second-order valence-electron chi connectivity index (χ2n) is 7.87. The summed E-state index contributed by atoms with van der Waals surface area (Å²) in [5.41, 5.74) is 3.54. The molecule has 8 heteroatoms. The Morgan fingerprint density at radius 3 is 2.26 bits per heavy atom. The number of carbonyl (C=O) groups excluding carboxylic acids is 2. The predicted molar refractivity (Wildman–Crippen MR) is 132 cm³/mol. The van der Waals surface area contributed by atoms with Gasteiger partial charge in [-0.15, -0.1) is 0 Å². The van der Waals surface area contributed by atoms with E-state index in [1.165, 1.54) is 4.90 Å². The molecule has 7 nitrogen and oxygen atoms in total. The molecule has 1 amide bonds. The zero-order chi connectivity index (χ0) is 24.0. The number of nitrogens with zero attached hydrogens (tertiary/aromatic N) is 2. The third-order valence-corrected chi connectivity index (χ3v) is 7.21. The number of ether oxygens (including phenoxy) is 3. The summed E-state index contributed by atoms with van der Waals surface area (Å²) in [5, 5.41) is 0. The van der Waals surface area contributed by atoms with Crippen molar-refractivity contribution in [3.63, 3.8) is 0 Å². The van der Waals surface area contributed by atoms with Gasteiger partial charge in [-0.3, -0.25) is 0 Å². The average molecular weight is 529 g/mol. The van der Waals surface area contributed by atoms with E-state index in [0.29, 0.717) is 12.3 Å². The van der Waals surface area contributed by atoms with E-state index in [-0.39, 0.29) is 18.0 Å². The van der Waals surface area contributed by atoms with Gasteiger partial charge in [-0.1, -0.05) is 30.3 Å². The maximum absolute atomic E-state index is 12.5. The molecule has 1 radical (unpaired) electrons. The van der Waals surface area contributed by atoms with Gasteiger partial charge in [0.15, 0.2) is 0 Å². The number of benzene rings is 3. The molecule has 35 heavy (non-hydrogen) atoms. The van der Waals surface area contributed by atoms with Crippen molar-refractivity contribution in [2.24, 2.45) is 0 Å². The minimum atomic E-state index is -0.813. The van der Waals surface area contributed by atoms with Gasteiger partial charge in [0.2, 0.25) is 0 Å². The normalized spacial score (nSPS) is 14.1. The molecular weight excluding hydrogens is 507 g/mol. The van der Waals surface area contributed by atoms with Gasteiger partial charge >= 0.3 is 180 Å². The Bertz CT molecular complexity index is 1280. The van der Waals surface area contributed by atoms with Gasteiger partial charge in [0.25, 0.3) is 0 Å². The third kappa shape index (κ3) is 5.58. The Hall–Kier alpha value is -3.96. The quantitative estimate of drug-likeness (QED) is 0.438. The van der Waals surface area contributed by atoms with Crippen molar-refractivity contribution in [3.05, 3.63) is 114 Å². The minimum absolute atomic E-state index is 0.209. The first-order chi connectivity index (χ1) is 17.2. The van der Waals surface area contributed by atoms with Crippen LogP contribution in [0.4, 0.5) is 15.3 Å². The summed E-state index contributed by atoms with van der Waals surface area (Å²) in [6, 6.07) is 24.9. The van der Waals surface area contributed by atoms with Gasteiger partial charge in [-0.05, 0) is 0 Å². The van der Waals surface area contributed by atoms with Crippen molar-refractivity contribution in [2.75, 3.05) is 11.4 Å². The van der Waals surface area contributed by atoms with Crippen LogP contribution in [0, 0.1) is 0 Å². The van der Waals surface area contributed by atoms with Crippen LogP contribution < -0.4 is 14.0 Å². The molecule has 175 valence electrons. The fourth-order valence-corrected chi connectivity index (χ4v) is 5.06. The van der Waals surface area contributed by atoms with Crippen molar-refractivity contribution in [3.8, 4) is 5.75 Å². The molecular formula is C27H22AsN2O5. The molecule has 3 aromatic rings. The third-order valence-electron chi connectivity index (χ3n) is 5.43. The van der Waals surface area contributed by atoms with E-state index in [9.17, 15) is 9.59 Å². The first-order valence-electron chi connectivity index (χ1n) is 11.0. The number of hydrogen-bond donors (Lipinski definition) is 0. The van der Waals surface area contributed by atoms with E-state index in [0.717, 1.165) is 26.9 Å². The summed E-state index contributed by atoms with van der Waals surface area (Å²) in [7, 11) is 0. The molecule has 2 heterocycles. The molecule has 3 aromatic carbocycles. The standard InChI is InChI=1S/C27H22AsN2O5/c31-26(34-17-20-7-3-1-4-8-20)28-22-11-12-24-25(15-22)33-19-23-16-29(13-14-30(23)24)27(32)35-18-21-9-5-2-6-10-21/h1-15,19H,16-18H2. The fourth-order valence-electron chi connectivity index (χ4n) is 3.66. The number of rotatable bonds is 6. The number of carbonyl (C=O) groups is 2. The Labute approximate surface area is 209 Å². The van der Waals surface area contributed by atoms with E-state index in [2.05, 4.69) is 0 Å². The van der Waals surface area contributed by atoms with Gasteiger partial charge in [0.1, 0.15) is 0 Å². The van der Waals surface area contributed by atoms with Gasteiger partial charge in [-0.2, -0.15) is 0 Å². The summed E-state index contributed by atoms with van der Waals surface area (Å²) in [4.78, 5) is 28.3. The molecule has 2 aliphatic rings. The van der Waals surface area contributed by atoms with Crippen LogP contribution in [-0.4, -0.2) is 38.0 Å². The topological polar surface area (TPSA) is 68.3 Å². The van der Waals surface area contributed by atoms with E-state index in [1.54, 1.807) is 12.5 Å². The maximum atomic E-state index is 12.5. The fraction of sp³-hybridized carbons (Fsp3) is 0.111. The number of anilines is 1. The van der Waals surface area contributed by atoms with Crippen LogP contribution in [-0.2, 0) is 22.7 Å². The molecule has 5 rings (SSSR count). The van der Waals surface area contributed by atoms with Crippen LogP contribution in [0.15, 0.2) is 103 Å². The number of amides is 1. The second-order valence-corrected chi connectivity index (χ2v) is 10.2. The van der Waals surface area contributed by atoms with Crippen LogP contribution in [0.2, 0.25) is 0 Å². The summed E-state index contributed by atoms with van der Waals surface area (Å²) in [6.45, 7) is 0.806. The Morgan fingerprint density at radius 2 is 1.54 bits per heavy atom. The van der Waals surface area contributed by atoms with Crippen molar-refractivity contribution in [1.29, 1.82) is 0 Å². The predicted octanol–water partition coefficient (Wildman–Crippen LogP) is 4.52. The zero-order valence-electron chi connectivity index (χ0n) is 18.7. The molecule has 0 N–H and O–H groups in total. The number of hydrogen-bond acceptors (Lipinski definition) is 6. The van der Waals surface area contributed by atoms with Gasteiger partial charge < -0.3 is 0 Å². The van der Waals surface area contributed by atoms with E-state index < -0.39 is 21.8 Å². The molecule has 0 saturated heterocycles. The SMILES string of the molecule is O=C(OCc1ccccc1)[As]c1ccc2c(c1)OC=C1CN(C(=O)OCc3ccccc3)C=CN12. The summed E-state index contributed by atoms with van der Waals surface area (Å²) < 4.78 is 17.4. The van der Waals surface area contributed by atoms with Crippen molar-refractivity contribution in [2.45, 2.75) is 13.2 Å². The molecule has 0 saturated carbocycles. The van der Waals surface area contributed by atoms with Gasteiger partial charge in [0, 0.05) is 0 Å². The molecule has 0 atom stereocenters. The Kier molecular flexibility index (Phi) is 6.87. The van der Waals surface area contributed by atoms with Gasteiger partial charge in [0.05, 0.1) is 0 Å². The molecule has 0 aromatic heterocycles. The van der Waals surface area contributed by atoms with E-state index >= 15 is 0 Å². The van der Waals surface area contributed by atoms with Crippen LogP contribution in [0.1, 0.15) is 11.1 Å². The van der Waals surface area contributed by atoms with Crippen LogP contribution >= 0.6 is 0 Å². The Morgan fingerprint density at radius 1 is 0.857 bits per heavy atom. The van der Waals surface area contributed by atoms with Crippen LogP contribution in [0.3, 0.4) is 0 Å². The van der Waals surface area contributed by atoms with Crippen molar-refractivity contribution in [1.82, 2.24) is 4.90 Å². The van der Waals surface area contributed by atoms with Gasteiger partial charge in [-0.25, -0.2) is 0 Å². The molecule has 2 aliphatic heterocycles. The van der Waals surface area contributed by atoms with Crippen molar-refractivity contribution >= 4 is 36.6 Å². The van der Waals surface area contributed by atoms with E-state index in [1.807, 2.05) is 90.0 Å². The molecule has 0 bridgehead atoms. The van der Waals surface area contributed by atoms with Crippen LogP contribution in [0.25, 0.3) is 0 Å². The molecule has 0 aliphatic carbocycles. The summed E-state index contributed by atoms with van der Waals surface area (Å²) in [5.74, 6) is 0.655. The average Bonchev–Trinajstić information content (AvgIpc) is 2.91. The van der Waals surface area contributed by atoms with Crippen LogP contribution in [0.5, 0.6) is 5.75 Å². The first kappa shape index (κ1) is 22.8. The summed E-state index contributed by atoms with van der Waals surface area (Å²) in [6.07, 6.45) is 4.70. The molecule has 0 unspecified atom stereocenters. The van der Waals surface area contributed by atoms with Crippen molar-refractivity contribution < 1.29 is 23.8 Å². The molecule has 0 spiro atoms. The van der Waals surface area contributed by atoms with E-state index in [4.69, 9.17) is 14.2 Å². The Balaban J connectivity index is 1.19. The number of fused-ring (bicyclic) bond motifs is 3.